The van der Waals surface area contributed by atoms with Gasteiger partial charge in [-0.25, -0.2) is 0 Å². The molecule has 2 unspecified atom stereocenters. The van der Waals surface area contributed by atoms with Gasteiger partial charge in [-0.15, -0.1) is 0 Å². The smallest absolute Gasteiger partial charge is 0.161 e. The van der Waals surface area contributed by atoms with Gasteiger partial charge in [0.15, 0.2) is 11.5 Å². The molecule has 1 aliphatic heterocycles. The summed E-state index contributed by atoms with van der Waals surface area (Å²) < 4.78 is 11.3. The highest BCUT2D eigenvalue weighted by Crippen LogP contribution is 2.39. The molecule has 0 saturated heterocycles. The molecule has 1 fully saturated rings. The van der Waals surface area contributed by atoms with Gasteiger partial charge in [-0.05, 0) is 49.4 Å². The summed E-state index contributed by atoms with van der Waals surface area (Å²) in [5.41, 5.74) is 1.40. The molecular weight excluding hydrogens is 238 g/mol. The zero-order valence-corrected chi connectivity index (χ0v) is 11.7. The Hall–Kier alpha value is -1.22. The Balaban J connectivity index is 1.77. The second-order valence-corrected chi connectivity index (χ2v) is 5.50. The fraction of sp³-hybridized carbons (Fsp3) is 0.625. The summed E-state index contributed by atoms with van der Waals surface area (Å²) in [5, 5.41) is 3.69. The first kappa shape index (κ1) is 12.8. The number of ether oxygens (including phenoxy) is 2. The van der Waals surface area contributed by atoms with Crippen molar-refractivity contribution in [3.63, 3.8) is 0 Å². The lowest BCUT2D eigenvalue weighted by Gasteiger charge is -2.24. The fourth-order valence-corrected chi connectivity index (χ4v) is 3.22. The van der Waals surface area contributed by atoms with Gasteiger partial charge in [0.1, 0.15) is 13.2 Å². The van der Waals surface area contributed by atoms with E-state index in [2.05, 4.69) is 30.4 Å². The predicted molar refractivity (Wildman–Crippen MR) is 76.1 cm³/mol. The third kappa shape index (κ3) is 2.71. The van der Waals surface area contributed by atoms with Crippen LogP contribution in [0.25, 0.3) is 0 Å². The molecule has 1 aromatic carbocycles. The number of hydrogen-bond donors (Lipinski definition) is 1. The molecule has 1 heterocycles. The lowest BCUT2D eigenvalue weighted by atomic mass is 9.93. The molecule has 3 rings (SSSR count). The molecule has 0 amide bonds. The fourth-order valence-electron chi connectivity index (χ4n) is 3.22. The van der Waals surface area contributed by atoms with E-state index in [1.807, 2.05) is 0 Å². The summed E-state index contributed by atoms with van der Waals surface area (Å²) in [7, 11) is 0. The molecule has 0 bridgehead atoms. The molecular formula is C16H23NO2. The number of nitrogens with one attached hydrogen (secondary N) is 1. The maximum Gasteiger partial charge on any atom is 0.161 e. The van der Waals surface area contributed by atoms with E-state index in [0.717, 1.165) is 18.0 Å². The van der Waals surface area contributed by atoms with Crippen molar-refractivity contribution in [2.45, 2.75) is 44.6 Å². The van der Waals surface area contributed by atoms with Crippen LogP contribution in [0.4, 0.5) is 0 Å². The van der Waals surface area contributed by atoms with E-state index in [4.69, 9.17) is 9.47 Å². The summed E-state index contributed by atoms with van der Waals surface area (Å²) in [5.74, 6) is 2.44. The van der Waals surface area contributed by atoms with Crippen LogP contribution >= 0.6 is 0 Å². The summed E-state index contributed by atoms with van der Waals surface area (Å²) in [4.78, 5) is 0. The van der Waals surface area contributed by atoms with Crippen LogP contribution in [0.15, 0.2) is 18.2 Å². The molecule has 104 valence electrons. The summed E-state index contributed by atoms with van der Waals surface area (Å²) in [6.45, 7) is 4.67. The van der Waals surface area contributed by atoms with Gasteiger partial charge in [0, 0.05) is 6.04 Å². The number of fused-ring (bicyclic) bond motifs is 1. The third-order valence-corrected chi connectivity index (χ3v) is 4.17. The largest absolute Gasteiger partial charge is 0.486 e. The van der Waals surface area contributed by atoms with Crippen molar-refractivity contribution in [2.24, 2.45) is 0 Å². The van der Waals surface area contributed by atoms with Crippen LogP contribution in [0, 0.1) is 0 Å². The van der Waals surface area contributed by atoms with Crippen LogP contribution in [0.2, 0.25) is 0 Å². The van der Waals surface area contributed by atoms with Gasteiger partial charge >= 0.3 is 0 Å². The highest BCUT2D eigenvalue weighted by molar-refractivity contribution is 5.45. The highest BCUT2D eigenvalue weighted by Gasteiger charge is 2.28. The van der Waals surface area contributed by atoms with Gasteiger partial charge in [-0.1, -0.05) is 19.4 Å². The minimum absolute atomic E-state index is 0.627. The van der Waals surface area contributed by atoms with Crippen molar-refractivity contribution in [1.82, 2.24) is 5.32 Å². The molecule has 1 N–H and O–H groups in total. The average molecular weight is 261 g/mol. The van der Waals surface area contributed by atoms with E-state index in [1.54, 1.807) is 0 Å². The topological polar surface area (TPSA) is 30.5 Å². The zero-order valence-electron chi connectivity index (χ0n) is 11.7. The van der Waals surface area contributed by atoms with Gasteiger partial charge < -0.3 is 14.8 Å². The Morgan fingerprint density at radius 1 is 1.16 bits per heavy atom. The summed E-state index contributed by atoms with van der Waals surface area (Å²) >= 11 is 0. The molecule has 1 aromatic rings. The lowest BCUT2D eigenvalue weighted by Crippen LogP contribution is -2.31. The van der Waals surface area contributed by atoms with Gasteiger partial charge in [0.2, 0.25) is 0 Å². The standard InChI is InChI=1S/C16H23NO2/c1-2-8-17-14-5-3-4-13(14)12-6-7-15-16(11-12)19-10-9-18-15/h6-7,11,13-14,17H,2-5,8-10H2,1H3. The van der Waals surface area contributed by atoms with Crippen molar-refractivity contribution < 1.29 is 9.47 Å². The molecule has 1 saturated carbocycles. The van der Waals surface area contributed by atoms with Crippen LogP contribution in [-0.4, -0.2) is 25.8 Å². The Morgan fingerprint density at radius 3 is 2.84 bits per heavy atom. The molecule has 2 aliphatic rings. The molecule has 0 radical (unpaired) electrons. The summed E-state index contributed by atoms with van der Waals surface area (Å²) in [6, 6.07) is 7.09. The van der Waals surface area contributed by atoms with Crippen molar-refractivity contribution in [1.29, 1.82) is 0 Å². The normalized spacial score (nSPS) is 25.5. The predicted octanol–water partition coefficient (Wildman–Crippen LogP) is 3.09. The minimum Gasteiger partial charge on any atom is -0.486 e. The van der Waals surface area contributed by atoms with E-state index < -0.39 is 0 Å². The first-order valence-electron chi connectivity index (χ1n) is 7.51. The molecule has 3 nitrogen and oxygen atoms in total. The van der Waals surface area contributed by atoms with Crippen LogP contribution in [-0.2, 0) is 0 Å². The molecule has 0 spiro atoms. The van der Waals surface area contributed by atoms with E-state index in [1.165, 1.54) is 31.2 Å². The first-order valence-corrected chi connectivity index (χ1v) is 7.51. The molecule has 3 heteroatoms. The van der Waals surface area contributed by atoms with Crippen molar-refractivity contribution >= 4 is 0 Å². The minimum atomic E-state index is 0.627. The Morgan fingerprint density at radius 2 is 2.00 bits per heavy atom. The Labute approximate surface area is 115 Å². The Kier molecular flexibility index (Phi) is 3.92. The van der Waals surface area contributed by atoms with Gasteiger partial charge in [0.05, 0.1) is 0 Å². The third-order valence-electron chi connectivity index (χ3n) is 4.17. The zero-order chi connectivity index (χ0) is 13.1. The Bertz CT molecular complexity index is 433. The first-order chi connectivity index (χ1) is 9.38. The number of benzene rings is 1. The maximum atomic E-state index is 5.69. The highest BCUT2D eigenvalue weighted by atomic mass is 16.6. The van der Waals surface area contributed by atoms with E-state index in [0.29, 0.717) is 25.2 Å². The second-order valence-electron chi connectivity index (χ2n) is 5.50. The molecule has 0 aromatic heterocycles. The quantitative estimate of drug-likeness (QED) is 0.903. The van der Waals surface area contributed by atoms with Crippen molar-refractivity contribution in [2.75, 3.05) is 19.8 Å². The van der Waals surface area contributed by atoms with Crippen molar-refractivity contribution in [3.05, 3.63) is 23.8 Å². The van der Waals surface area contributed by atoms with E-state index in [-0.39, 0.29) is 0 Å². The second kappa shape index (κ2) is 5.83. The van der Waals surface area contributed by atoms with Crippen LogP contribution in [0.5, 0.6) is 11.5 Å². The lowest BCUT2D eigenvalue weighted by molar-refractivity contribution is 0.171. The summed E-state index contributed by atoms with van der Waals surface area (Å²) in [6.07, 6.45) is 5.09. The maximum absolute atomic E-state index is 5.69. The average Bonchev–Trinajstić information content (AvgIpc) is 2.93. The van der Waals surface area contributed by atoms with Gasteiger partial charge in [-0.3, -0.25) is 0 Å². The molecule has 1 aliphatic carbocycles. The van der Waals surface area contributed by atoms with Gasteiger partial charge in [-0.2, -0.15) is 0 Å². The van der Waals surface area contributed by atoms with E-state index >= 15 is 0 Å². The monoisotopic (exact) mass is 261 g/mol. The SMILES string of the molecule is CCCNC1CCCC1c1ccc2c(c1)OCCO2. The molecule has 2 atom stereocenters. The van der Waals surface area contributed by atoms with Gasteiger partial charge in [0.25, 0.3) is 0 Å². The number of hydrogen-bond acceptors (Lipinski definition) is 3. The number of rotatable bonds is 4. The van der Waals surface area contributed by atoms with Crippen LogP contribution in [0.1, 0.15) is 44.1 Å². The van der Waals surface area contributed by atoms with Crippen molar-refractivity contribution in [3.8, 4) is 11.5 Å². The van der Waals surface area contributed by atoms with Crippen LogP contribution < -0.4 is 14.8 Å². The molecule has 19 heavy (non-hydrogen) atoms. The van der Waals surface area contributed by atoms with Crippen LogP contribution in [0.3, 0.4) is 0 Å². The van der Waals surface area contributed by atoms with E-state index in [9.17, 15) is 0 Å².